The van der Waals surface area contributed by atoms with Crippen molar-refractivity contribution in [1.29, 1.82) is 0 Å². The molecule has 2 atom stereocenters. The average molecular weight is 205 g/mol. The van der Waals surface area contributed by atoms with E-state index in [1.807, 2.05) is 30.3 Å². The fourth-order valence-corrected chi connectivity index (χ4v) is 1.79. The minimum Gasteiger partial charge on any atom is -0.481 e. The van der Waals surface area contributed by atoms with Crippen molar-refractivity contribution in [1.82, 2.24) is 5.32 Å². The highest BCUT2D eigenvalue weighted by atomic mass is 16.4. The van der Waals surface area contributed by atoms with Gasteiger partial charge in [0.15, 0.2) is 0 Å². The van der Waals surface area contributed by atoms with Crippen LogP contribution in [0.2, 0.25) is 0 Å². The van der Waals surface area contributed by atoms with Gasteiger partial charge in [0.25, 0.3) is 0 Å². The van der Waals surface area contributed by atoms with Gasteiger partial charge in [0.05, 0.1) is 6.04 Å². The van der Waals surface area contributed by atoms with Gasteiger partial charge in [-0.05, 0) is 12.0 Å². The summed E-state index contributed by atoms with van der Waals surface area (Å²) >= 11 is 0. The van der Waals surface area contributed by atoms with Crippen LogP contribution < -0.4 is 5.32 Å². The number of carboxylic acid groups (broad SMARTS) is 1. The zero-order valence-electron chi connectivity index (χ0n) is 8.01. The lowest BCUT2D eigenvalue weighted by Gasteiger charge is -2.08. The van der Waals surface area contributed by atoms with E-state index in [1.165, 1.54) is 0 Å². The average Bonchev–Trinajstić information content (AvgIpc) is 2.62. The highest BCUT2D eigenvalue weighted by molar-refractivity contribution is 5.98. The van der Waals surface area contributed by atoms with Gasteiger partial charge in [-0.1, -0.05) is 30.3 Å². The molecule has 0 unspecified atom stereocenters. The van der Waals surface area contributed by atoms with Gasteiger partial charge in [-0.25, -0.2) is 0 Å². The number of rotatable bonds is 2. The van der Waals surface area contributed by atoms with E-state index in [0.29, 0.717) is 6.42 Å². The number of aliphatic carboxylic acids is 1. The van der Waals surface area contributed by atoms with Gasteiger partial charge in [0.1, 0.15) is 5.92 Å². The third kappa shape index (κ3) is 1.83. The van der Waals surface area contributed by atoms with Gasteiger partial charge in [-0.3, -0.25) is 9.59 Å². The van der Waals surface area contributed by atoms with Crippen molar-refractivity contribution in [2.75, 3.05) is 0 Å². The van der Waals surface area contributed by atoms with Crippen molar-refractivity contribution < 1.29 is 14.7 Å². The lowest BCUT2D eigenvalue weighted by molar-refractivity contribution is -0.145. The minimum atomic E-state index is -1.05. The standard InChI is InChI=1S/C11H11NO3/c13-10-8(11(14)15)6-9(12-10)7-4-2-1-3-5-7/h1-5,8-9H,6H2,(H,12,13)(H,14,15)/t8-,9-/m0/s1. The Labute approximate surface area is 86.9 Å². The molecule has 78 valence electrons. The monoisotopic (exact) mass is 205 g/mol. The first-order chi connectivity index (χ1) is 7.18. The van der Waals surface area contributed by atoms with E-state index in [9.17, 15) is 9.59 Å². The van der Waals surface area contributed by atoms with E-state index in [1.54, 1.807) is 0 Å². The van der Waals surface area contributed by atoms with Gasteiger partial charge in [-0.2, -0.15) is 0 Å². The van der Waals surface area contributed by atoms with E-state index in [0.717, 1.165) is 5.56 Å². The summed E-state index contributed by atoms with van der Waals surface area (Å²) in [5.74, 6) is -2.35. The van der Waals surface area contributed by atoms with Crippen molar-refractivity contribution in [2.24, 2.45) is 5.92 Å². The van der Waals surface area contributed by atoms with Crippen LogP contribution in [-0.2, 0) is 9.59 Å². The Morgan fingerprint density at radius 1 is 1.33 bits per heavy atom. The fourth-order valence-electron chi connectivity index (χ4n) is 1.79. The highest BCUT2D eigenvalue weighted by Crippen LogP contribution is 2.27. The fraction of sp³-hybridized carbons (Fsp3) is 0.273. The molecular formula is C11H11NO3. The van der Waals surface area contributed by atoms with Crippen LogP contribution in [-0.4, -0.2) is 17.0 Å². The van der Waals surface area contributed by atoms with Crippen LogP contribution in [0.1, 0.15) is 18.0 Å². The van der Waals surface area contributed by atoms with Gasteiger partial charge in [0, 0.05) is 0 Å². The number of amides is 1. The Kier molecular flexibility index (Phi) is 2.41. The molecule has 1 aliphatic rings. The van der Waals surface area contributed by atoms with Crippen LogP contribution in [0, 0.1) is 5.92 Å². The number of hydrogen-bond acceptors (Lipinski definition) is 2. The van der Waals surface area contributed by atoms with Crippen molar-refractivity contribution in [3.63, 3.8) is 0 Å². The number of carbonyl (C=O) groups excluding carboxylic acids is 1. The Morgan fingerprint density at radius 3 is 2.53 bits per heavy atom. The second-order valence-corrected chi connectivity index (χ2v) is 3.60. The summed E-state index contributed by atoms with van der Waals surface area (Å²) in [6.45, 7) is 0. The van der Waals surface area contributed by atoms with Crippen LogP contribution >= 0.6 is 0 Å². The van der Waals surface area contributed by atoms with Crippen molar-refractivity contribution in [3.8, 4) is 0 Å². The molecule has 2 N–H and O–H groups in total. The molecule has 1 aromatic carbocycles. The van der Waals surface area contributed by atoms with Gasteiger partial charge >= 0.3 is 5.97 Å². The van der Waals surface area contributed by atoms with Crippen LogP contribution in [0.15, 0.2) is 30.3 Å². The van der Waals surface area contributed by atoms with Crippen LogP contribution in [0.4, 0.5) is 0 Å². The molecule has 15 heavy (non-hydrogen) atoms. The normalized spacial score (nSPS) is 24.9. The van der Waals surface area contributed by atoms with E-state index < -0.39 is 17.8 Å². The number of hydrogen-bond donors (Lipinski definition) is 2. The van der Waals surface area contributed by atoms with E-state index in [2.05, 4.69) is 5.32 Å². The molecular weight excluding hydrogens is 194 g/mol. The number of nitrogens with one attached hydrogen (secondary N) is 1. The molecule has 0 spiro atoms. The molecule has 0 saturated carbocycles. The van der Waals surface area contributed by atoms with Crippen molar-refractivity contribution in [3.05, 3.63) is 35.9 Å². The van der Waals surface area contributed by atoms with Gasteiger partial charge < -0.3 is 10.4 Å². The number of carboxylic acids is 1. The summed E-state index contributed by atoms with van der Waals surface area (Å²) < 4.78 is 0. The van der Waals surface area contributed by atoms with E-state index >= 15 is 0 Å². The number of benzene rings is 1. The van der Waals surface area contributed by atoms with Crippen LogP contribution in [0.3, 0.4) is 0 Å². The summed E-state index contributed by atoms with van der Waals surface area (Å²) in [5, 5.41) is 11.5. The molecule has 1 saturated heterocycles. The quantitative estimate of drug-likeness (QED) is 0.706. The summed E-state index contributed by atoms with van der Waals surface area (Å²) in [4.78, 5) is 22.0. The largest absolute Gasteiger partial charge is 0.481 e. The molecule has 0 radical (unpaired) electrons. The molecule has 1 aliphatic heterocycles. The maximum absolute atomic E-state index is 11.3. The SMILES string of the molecule is O=C(O)[C@H]1C[C@@H](c2ccccc2)NC1=O. The number of carbonyl (C=O) groups is 2. The predicted molar refractivity (Wildman–Crippen MR) is 53.1 cm³/mol. The van der Waals surface area contributed by atoms with Crippen LogP contribution in [0.25, 0.3) is 0 Å². The highest BCUT2D eigenvalue weighted by Gasteiger charge is 2.37. The molecule has 1 fully saturated rings. The zero-order valence-corrected chi connectivity index (χ0v) is 8.01. The molecule has 0 bridgehead atoms. The molecule has 4 heteroatoms. The first kappa shape index (κ1) is 9.71. The van der Waals surface area contributed by atoms with Crippen LogP contribution in [0.5, 0.6) is 0 Å². The smallest absolute Gasteiger partial charge is 0.316 e. The molecule has 2 rings (SSSR count). The Hall–Kier alpha value is -1.84. The first-order valence-electron chi connectivity index (χ1n) is 4.76. The molecule has 1 aromatic rings. The van der Waals surface area contributed by atoms with Crippen molar-refractivity contribution in [2.45, 2.75) is 12.5 Å². The van der Waals surface area contributed by atoms with Gasteiger partial charge in [0.2, 0.25) is 5.91 Å². The summed E-state index contributed by atoms with van der Waals surface area (Å²) in [5.41, 5.74) is 0.953. The Morgan fingerprint density at radius 2 is 2.00 bits per heavy atom. The summed E-state index contributed by atoms with van der Waals surface area (Å²) in [6, 6.07) is 9.23. The topological polar surface area (TPSA) is 66.4 Å². The Balaban J connectivity index is 2.16. The lowest BCUT2D eigenvalue weighted by Crippen LogP contribution is -2.25. The maximum atomic E-state index is 11.3. The molecule has 0 aromatic heterocycles. The van der Waals surface area contributed by atoms with Gasteiger partial charge in [-0.15, -0.1) is 0 Å². The maximum Gasteiger partial charge on any atom is 0.316 e. The Bertz CT molecular complexity index is 388. The lowest BCUT2D eigenvalue weighted by atomic mass is 10.0. The first-order valence-corrected chi connectivity index (χ1v) is 4.76. The molecule has 1 amide bonds. The summed E-state index contributed by atoms with van der Waals surface area (Å²) in [6.07, 6.45) is 0.332. The minimum absolute atomic E-state index is 0.167. The second-order valence-electron chi connectivity index (χ2n) is 3.60. The van der Waals surface area contributed by atoms with E-state index in [-0.39, 0.29) is 6.04 Å². The molecule has 1 heterocycles. The predicted octanol–water partition coefficient (Wildman–Crippen LogP) is 0.948. The van der Waals surface area contributed by atoms with E-state index in [4.69, 9.17) is 5.11 Å². The van der Waals surface area contributed by atoms with Crippen molar-refractivity contribution >= 4 is 11.9 Å². The third-order valence-electron chi connectivity index (χ3n) is 2.60. The zero-order chi connectivity index (χ0) is 10.8. The summed E-state index contributed by atoms with van der Waals surface area (Å²) in [7, 11) is 0. The third-order valence-corrected chi connectivity index (χ3v) is 2.60. The second kappa shape index (κ2) is 3.73. The molecule has 0 aliphatic carbocycles. The molecule has 4 nitrogen and oxygen atoms in total.